The van der Waals surface area contributed by atoms with Crippen molar-refractivity contribution in [3.05, 3.63) is 70.4 Å². The molecular formula is C25H24ClF3O5. The van der Waals surface area contributed by atoms with Crippen LogP contribution in [0.5, 0.6) is 11.5 Å². The first-order valence-corrected chi connectivity index (χ1v) is 10.8. The number of furan rings is 1. The summed E-state index contributed by atoms with van der Waals surface area (Å²) in [6, 6.07) is 12.3. The zero-order valence-electron chi connectivity index (χ0n) is 19.1. The van der Waals surface area contributed by atoms with Gasteiger partial charge in [0.15, 0.2) is 5.60 Å². The van der Waals surface area contributed by atoms with Crippen molar-refractivity contribution < 1.29 is 36.6 Å². The van der Waals surface area contributed by atoms with E-state index in [0.717, 1.165) is 0 Å². The average molecular weight is 497 g/mol. The summed E-state index contributed by atoms with van der Waals surface area (Å²) in [5.74, 6) is -0.809. The molecule has 0 aliphatic carbocycles. The molecule has 34 heavy (non-hydrogen) atoms. The van der Waals surface area contributed by atoms with Crippen molar-refractivity contribution in [2.24, 2.45) is 0 Å². The van der Waals surface area contributed by atoms with Gasteiger partial charge in [0, 0.05) is 16.1 Å². The second-order valence-corrected chi connectivity index (χ2v) is 8.45. The van der Waals surface area contributed by atoms with E-state index in [1.54, 1.807) is 70.2 Å². The van der Waals surface area contributed by atoms with Gasteiger partial charge in [-0.25, -0.2) is 4.79 Å². The number of alkyl halides is 3. The van der Waals surface area contributed by atoms with Gasteiger partial charge in [0.05, 0.1) is 6.61 Å². The number of carbonyl (C=O) groups excluding carboxylic acids is 1. The third kappa shape index (κ3) is 6.05. The van der Waals surface area contributed by atoms with E-state index in [9.17, 15) is 18.0 Å². The Labute approximate surface area is 200 Å². The maximum absolute atomic E-state index is 13.5. The number of hydrogen-bond donors (Lipinski definition) is 0. The maximum Gasteiger partial charge on any atom is 0.449 e. The summed E-state index contributed by atoms with van der Waals surface area (Å²) in [6.07, 6.45) is -4.68. The second-order valence-electron chi connectivity index (χ2n) is 8.02. The minimum absolute atomic E-state index is 0.0590. The molecule has 0 spiro atoms. The molecule has 0 saturated heterocycles. The summed E-state index contributed by atoms with van der Waals surface area (Å²) in [5.41, 5.74) is -0.249. The predicted molar refractivity (Wildman–Crippen MR) is 121 cm³/mol. The third-order valence-electron chi connectivity index (χ3n) is 4.87. The molecule has 3 rings (SSSR count). The molecule has 0 amide bonds. The summed E-state index contributed by atoms with van der Waals surface area (Å²) >= 11 is 5.85. The Balaban J connectivity index is 1.78. The van der Waals surface area contributed by atoms with E-state index in [2.05, 4.69) is 0 Å². The summed E-state index contributed by atoms with van der Waals surface area (Å²) in [4.78, 5) is 12.1. The first-order valence-electron chi connectivity index (χ1n) is 10.5. The zero-order valence-corrected chi connectivity index (χ0v) is 19.8. The van der Waals surface area contributed by atoms with Crippen LogP contribution in [0.4, 0.5) is 13.2 Å². The molecule has 5 nitrogen and oxygen atoms in total. The molecule has 1 aromatic heterocycles. The molecule has 0 unspecified atom stereocenters. The maximum atomic E-state index is 13.5. The molecular weight excluding hydrogens is 473 g/mol. The molecule has 1 heterocycles. The molecule has 0 aliphatic rings. The first kappa shape index (κ1) is 25.5. The van der Waals surface area contributed by atoms with Crippen LogP contribution in [-0.2, 0) is 22.3 Å². The molecule has 0 aliphatic heterocycles. The largest absolute Gasteiger partial charge is 0.489 e. The lowest BCUT2D eigenvalue weighted by Crippen LogP contribution is -2.39. The molecule has 0 radical (unpaired) electrons. The number of benzene rings is 2. The van der Waals surface area contributed by atoms with Crippen LogP contribution in [0.15, 0.2) is 52.9 Å². The third-order valence-corrected chi connectivity index (χ3v) is 5.12. The molecule has 3 aromatic rings. The topological polar surface area (TPSA) is 57.9 Å². The number of esters is 1. The van der Waals surface area contributed by atoms with Crippen LogP contribution in [0, 0.1) is 6.92 Å². The van der Waals surface area contributed by atoms with Crippen molar-refractivity contribution in [2.75, 3.05) is 6.61 Å². The summed E-state index contributed by atoms with van der Waals surface area (Å²) in [6.45, 7) is 6.48. The fourth-order valence-electron chi connectivity index (χ4n) is 3.14. The van der Waals surface area contributed by atoms with Crippen molar-refractivity contribution in [1.29, 1.82) is 0 Å². The molecule has 9 heteroatoms. The Morgan fingerprint density at radius 2 is 1.74 bits per heavy atom. The van der Waals surface area contributed by atoms with Gasteiger partial charge < -0.3 is 18.6 Å². The van der Waals surface area contributed by atoms with E-state index in [1.807, 2.05) is 0 Å². The van der Waals surface area contributed by atoms with Gasteiger partial charge in [0.25, 0.3) is 0 Å². The molecule has 0 atom stereocenters. The SMILES string of the molecule is CCOC(=O)C(C)(C)Oc1ccc(OCc2cc(-c3ccc(Cl)cc3)oc2C(F)(F)F)cc1C. The number of carbonyl (C=O) groups is 1. The highest BCUT2D eigenvalue weighted by Gasteiger charge is 2.38. The molecule has 0 fully saturated rings. The Kier molecular flexibility index (Phi) is 7.51. The van der Waals surface area contributed by atoms with Crippen LogP contribution >= 0.6 is 11.6 Å². The van der Waals surface area contributed by atoms with Gasteiger partial charge in [0.1, 0.15) is 23.9 Å². The van der Waals surface area contributed by atoms with Gasteiger partial charge in [-0.2, -0.15) is 13.2 Å². The highest BCUT2D eigenvalue weighted by Crippen LogP contribution is 2.38. The number of aryl methyl sites for hydroxylation is 1. The minimum atomic E-state index is -4.68. The quantitative estimate of drug-likeness (QED) is 0.308. The summed E-state index contributed by atoms with van der Waals surface area (Å²) < 4.78 is 62.2. The van der Waals surface area contributed by atoms with Gasteiger partial charge in [-0.05, 0) is 81.8 Å². The number of halogens is 4. The van der Waals surface area contributed by atoms with Crippen LogP contribution in [0.25, 0.3) is 11.3 Å². The number of rotatable bonds is 8. The van der Waals surface area contributed by atoms with Crippen molar-refractivity contribution in [1.82, 2.24) is 0 Å². The van der Waals surface area contributed by atoms with E-state index < -0.39 is 23.5 Å². The standard InChI is InChI=1S/C25H24ClF3O5/c1-5-31-23(30)24(3,4)34-20-11-10-19(12-15(20)2)32-14-17-13-21(33-22(17)25(27,28)29)16-6-8-18(26)9-7-16/h6-13H,5,14H2,1-4H3. The highest BCUT2D eigenvalue weighted by molar-refractivity contribution is 6.30. The molecule has 0 saturated carbocycles. The van der Waals surface area contributed by atoms with Crippen LogP contribution in [0.1, 0.15) is 37.7 Å². The van der Waals surface area contributed by atoms with E-state index in [1.165, 1.54) is 6.07 Å². The molecule has 182 valence electrons. The average Bonchev–Trinajstić information content (AvgIpc) is 3.19. The van der Waals surface area contributed by atoms with Gasteiger partial charge in [-0.3, -0.25) is 0 Å². The normalized spacial score (nSPS) is 11.9. The Hall–Kier alpha value is -3.13. The Morgan fingerprint density at radius 1 is 1.06 bits per heavy atom. The van der Waals surface area contributed by atoms with Gasteiger partial charge >= 0.3 is 12.1 Å². The van der Waals surface area contributed by atoms with E-state index in [-0.39, 0.29) is 24.5 Å². The van der Waals surface area contributed by atoms with E-state index >= 15 is 0 Å². The highest BCUT2D eigenvalue weighted by atomic mass is 35.5. The lowest BCUT2D eigenvalue weighted by molar-refractivity contribution is -0.158. The van der Waals surface area contributed by atoms with Gasteiger partial charge in [-0.1, -0.05) is 11.6 Å². The zero-order chi connectivity index (χ0) is 25.1. The lowest BCUT2D eigenvalue weighted by Gasteiger charge is -2.25. The Bertz CT molecular complexity index is 1150. The smallest absolute Gasteiger partial charge is 0.449 e. The fourth-order valence-corrected chi connectivity index (χ4v) is 3.27. The lowest BCUT2D eigenvalue weighted by atomic mass is 10.1. The first-order chi connectivity index (χ1) is 15.9. The van der Waals surface area contributed by atoms with Crippen molar-refractivity contribution in [2.45, 2.75) is 46.1 Å². The van der Waals surface area contributed by atoms with Crippen molar-refractivity contribution in [3.63, 3.8) is 0 Å². The minimum Gasteiger partial charge on any atom is -0.489 e. The molecule has 0 N–H and O–H groups in total. The Morgan fingerprint density at radius 3 is 2.32 bits per heavy atom. The monoisotopic (exact) mass is 496 g/mol. The second kappa shape index (κ2) is 10.0. The molecule has 0 bridgehead atoms. The summed E-state index contributed by atoms with van der Waals surface area (Å²) in [5, 5.41) is 0.461. The number of hydrogen-bond acceptors (Lipinski definition) is 5. The van der Waals surface area contributed by atoms with E-state index in [0.29, 0.717) is 27.6 Å². The predicted octanol–water partition coefficient (Wildman–Crippen LogP) is 7.23. The summed E-state index contributed by atoms with van der Waals surface area (Å²) in [7, 11) is 0. The van der Waals surface area contributed by atoms with Crippen LogP contribution in [-0.4, -0.2) is 18.2 Å². The van der Waals surface area contributed by atoms with Crippen molar-refractivity contribution >= 4 is 17.6 Å². The van der Waals surface area contributed by atoms with Gasteiger partial charge in [0.2, 0.25) is 5.76 Å². The van der Waals surface area contributed by atoms with Crippen LogP contribution in [0.3, 0.4) is 0 Å². The van der Waals surface area contributed by atoms with Crippen LogP contribution in [0.2, 0.25) is 5.02 Å². The fraction of sp³-hybridized carbons (Fsp3) is 0.320. The van der Waals surface area contributed by atoms with Crippen molar-refractivity contribution in [3.8, 4) is 22.8 Å². The van der Waals surface area contributed by atoms with Crippen LogP contribution < -0.4 is 9.47 Å². The van der Waals surface area contributed by atoms with E-state index in [4.69, 9.17) is 30.2 Å². The number of ether oxygens (including phenoxy) is 3. The molecule has 2 aromatic carbocycles. The van der Waals surface area contributed by atoms with Gasteiger partial charge in [-0.15, -0.1) is 0 Å².